The van der Waals surface area contributed by atoms with E-state index < -0.39 is 0 Å². The number of carbonyl (C=O) groups is 2. The van der Waals surface area contributed by atoms with Crippen molar-refractivity contribution in [3.8, 4) is 0 Å². The Balaban J connectivity index is 3.48. The van der Waals surface area contributed by atoms with Crippen LogP contribution in [0.4, 0.5) is 0 Å². The van der Waals surface area contributed by atoms with Crippen LogP contribution in [-0.4, -0.2) is 25.2 Å². The van der Waals surface area contributed by atoms with Crippen molar-refractivity contribution in [1.82, 2.24) is 0 Å². The maximum Gasteiger partial charge on any atom is 0.306 e. The van der Waals surface area contributed by atoms with Crippen molar-refractivity contribution in [1.29, 1.82) is 0 Å². The lowest BCUT2D eigenvalue weighted by Crippen LogP contribution is -2.12. The molecule has 0 radical (unpaired) electrons. The molecular weight excluding hydrogens is 436 g/mol. The molecule has 0 saturated carbocycles. The summed E-state index contributed by atoms with van der Waals surface area (Å²) in [6.07, 6.45) is 26.2. The topological polar surface area (TPSA) is 52.6 Å². The van der Waals surface area contributed by atoms with Crippen LogP contribution in [0.3, 0.4) is 0 Å². The summed E-state index contributed by atoms with van der Waals surface area (Å²) in [6.45, 7) is 7.83. The van der Waals surface area contributed by atoms with Gasteiger partial charge in [-0.2, -0.15) is 0 Å². The first-order chi connectivity index (χ1) is 17.1. The molecule has 0 heterocycles. The molecule has 0 aliphatic heterocycles. The molecule has 0 aromatic rings. The quantitative estimate of drug-likeness (QED) is 0.0838. The van der Waals surface area contributed by atoms with E-state index in [9.17, 15) is 9.59 Å². The van der Waals surface area contributed by atoms with Crippen LogP contribution in [0.2, 0.25) is 0 Å². The van der Waals surface area contributed by atoms with Gasteiger partial charge in [-0.3, -0.25) is 9.59 Å². The number of hydrogen-bond acceptors (Lipinski definition) is 4. The standard InChI is InChI=1S/C31H60O4/c1-4-7-9-11-18-22-26-34-30(32)25-21-17-15-13-14-16-20-24-29(6-3)28-31(33)35-27-23-19-12-10-8-5-2/h29H,4-28H2,1-3H3. The minimum Gasteiger partial charge on any atom is -0.466 e. The van der Waals surface area contributed by atoms with E-state index in [-0.39, 0.29) is 11.9 Å². The van der Waals surface area contributed by atoms with E-state index in [1.807, 2.05) is 0 Å². The second-order valence-corrected chi connectivity index (χ2v) is 10.5. The van der Waals surface area contributed by atoms with Gasteiger partial charge in [-0.1, -0.05) is 130 Å². The Hall–Kier alpha value is -1.06. The average molecular weight is 497 g/mol. The van der Waals surface area contributed by atoms with Gasteiger partial charge in [0.2, 0.25) is 0 Å². The van der Waals surface area contributed by atoms with Crippen LogP contribution in [0.25, 0.3) is 0 Å². The third-order valence-electron chi connectivity index (χ3n) is 7.05. The Kier molecular flexibility index (Phi) is 26.7. The minimum atomic E-state index is -0.0188. The van der Waals surface area contributed by atoms with Crippen LogP contribution in [0.15, 0.2) is 0 Å². The summed E-state index contributed by atoms with van der Waals surface area (Å²) in [4.78, 5) is 23.9. The monoisotopic (exact) mass is 496 g/mol. The smallest absolute Gasteiger partial charge is 0.306 e. The van der Waals surface area contributed by atoms with Crippen molar-refractivity contribution in [2.24, 2.45) is 5.92 Å². The fraction of sp³-hybridized carbons (Fsp3) is 0.935. The summed E-state index contributed by atoms with van der Waals surface area (Å²) in [5.74, 6) is 0.444. The summed E-state index contributed by atoms with van der Waals surface area (Å²) in [5, 5.41) is 0. The molecular formula is C31H60O4. The molecule has 0 N–H and O–H groups in total. The number of carbonyl (C=O) groups excluding carboxylic acids is 2. The largest absolute Gasteiger partial charge is 0.466 e. The predicted octanol–water partition coefficient (Wildman–Crippen LogP) is 9.72. The van der Waals surface area contributed by atoms with Crippen molar-refractivity contribution in [2.45, 2.75) is 168 Å². The average Bonchev–Trinajstić information content (AvgIpc) is 2.85. The second-order valence-electron chi connectivity index (χ2n) is 10.5. The van der Waals surface area contributed by atoms with Crippen molar-refractivity contribution in [3.05, 3.63) is 0 Å². The molecule has 0 aromatic carbocycles. The van der Waals surface area contributed by atoms with E-state index in [1.54, 1.807) is 0 Å². The fourth-order valence-electron chi connectivity index (χ4n) is 4.54. The van der Waals surface area contributed by atoms with E-state index in [1.165, 1.54) is 96.3 Å². The Morgan fingerprint density at radius 1 is 0.514 bits per heavy atom. The van der Waals surface area contributed by atoms with E-state index in [4.69, 9.17) is 9.47 Å². The van der Waals surface area contributed by atoms with Crippen LogP contribution in [0.1, 0.15) is 168 Å². The SMILES string of the molecule is CCCCCCCCOC(=O)CCCCCCCCCC(CC)CC(=O)OCCCCCCCC. The highest BCUT2D eigenvalue weighted by atomic mass is 16.5. The van der Waals surface area contributed by atoms with Gasteiger partial charge in [0.25, 0.3) is 0 Å². The number of ether oxygens (including phenoxy) is 2. The lowest BCUT2D eigenvalue weighted by atomic mass is 9.95. The van der Waals surface area contributed by atoms with Gasteiger partial charge in [0, 0.05) is 12.8 Å². The summed E-state index contributed by atoms with van der Waals surface area (Å²) >= 11 is 0. The molecule has 0 aliphatic rings. The van der Waals surface area contributed by atoms with E-state index >= 15 is 0 Å². The molecule has 0 rings (SSSR count). The maximum absolute atomic E-state index is 12.1. The Morgan fingerprint density at radius 3 is 1.46 bits per heavy atom. The Bertz CT molecular complexity index is 463. The number of esters is 2. The number of unbranched alkanes of at least 4 members (excludes halogenated alkanes) is 16. The van der Waals surface area contributed by atoms with Gasteiger partial charge in [0.15, 0.2) is 0 Å². The van der Waals surface area contributed by atoms with E-state index in [2.05, 4.69) is 20.8 Å². The highest BCUT2D eigenvalue weighted by molar-refractivity contribution is 5.69. The normalized spacial score (nSPS) is 12.0. The molecule has 1 unspecified atom stereocenters. The van der Waals surface area contributed by atoms with Crippen molar-refractivity contribution < 1.29 is 19.1 Å². The predicted molar refractivity (Wildman–Crippen MR) is 149 cm³/mol. The highest BCUT2D eigenvalue weighted by Gasteiger charge is 2.13. The molecule has 0 aliphatic carbocycles. The van der Waals surface area contributed by atoms with Crippen molar-refractivity contribution in [3.63, 3.8) is 0 Å². The molecule has 0 aromatic heterocycles. The maximum atomic E-state index is 12.1. The lowest BCUT2D eigenvalue weighted by molar-refractivity contribution is -0.145. The van der Waals surface area contributed by atoms with Crippen LogP contribution in [0, 0.1) is 5.92 Å². The van der Waals surface area contributed by atoms with E-state index in [0.717, 1.165) is 38.5 Å². The molecule has 0 amide bonds. The molecule has 4 heteroatoms. The molecule has 0 saturated heterocycles. The first-order valence-electron chi connectivity index (χ1n) is 15.4. The Labute approximate surface area is 218 Å². The second kappa shape index (κ2) is 27.5. The zero-order valence-corrected chi connectivity index (χ0v) is 23.9. The highest BCUT2D eigenvalue weighted by Crippen LogP contribution is 2.19. The van der Waals surface area contributed by atoms with Crippen LogP contribution >= 0.6 is 0 Å². The fourth-order valence-corrected chi connectivity index (χ4v) is 4.54. The molecule has 0 fully saturated rings. The van der Waals surface area contributed by atoms with Gasteiger partial charge in [-0.25, -0.2) is 0 Å². The van der Waals surface area contributed by atoms with Crippen LogP contribution in [-0.2, 0) is 19.1 Å². The molecule has 1 atom stereocenters. The van der Waals surface area contributed by atoms with E-state index in [0.29, 0.717) is 32.0 Å². The molecule has 4 nitrogen and oxygen atoms in total. The van der Waals surface area contributed by atoms with Gasteiger partial charge in [-0.05, 0) is 31.6 Å². The van der Waals surface area contributed by atoms with Gasteiger partial charge >= 0.3 is 11.9 Å². The minimum absolute atomic E-state index is 0.00379. The zero-order valence-electron chi connectivity index (χ0n) is 23.9. The Morgan fingerprint density at radius 2 is 0.943 bits per heavy atom. The van der Waals surface area contributed by atoms with Crippen LogP contribution < -0.4 is 0 Å². The first kappa shape index (κ1) is 33.9. The number of rotatable bonds is 27. The van der Waals surface area contributed by atoms with Gasteiger partial charge in [0.1, 0.15) is 0 Å². The zero-order chi connectivity index (χ0) is 25.8. The van der Waals surface area contributed by atoms with Gasteiger partial charge < -0.3 is 9.47 Å². The summed E-state index contributed by atoms with van der Waals surface area (Å²) < 4.78 is 10.8. The molecule has 0 bridgehead atoms. The van der Waals surface area contributed by atoms with Crippen LogP contribution in [0.5, 0.6) is 0 Å². The summed E-state index contributed by atoms with van der Waals surface area (Å²) in [7, 11) is 0. The van der Waals surface area contributed by atoms with Crippen molar-refractivity contribution in [2.75, 3.05) is 13.2 Å². The third kappa shape index (κ3) is 25.8. The third-order valence-corrected chi connectivity index (χ3v) is 7.05. The lowest BCUT2D eigenvalue weighted by Gasteiger charge is -2.14. The van der Waals surface area contributed by atoms with Gasteiger partial charge in [0.05, 0.1) is 13.2 Å². The molecule has 208 valence electrons. The van der Waals surface area contributed by atoms with Gasteiger partial charge in [-0.15, -0.1) is 0 Å². The first-order valence-corrected chi connectivity index (χ1v) is 15.4. The van der Waals surface area contributed by atoms with Crippen molar-refractivity contribution >= 4 is 11.9 Å². The molecule has 0 spiro atoms. The summed E-state index contributed by atoms with van der Waals surface area (Å²) in [5.41, 5.74) is 0. The molecule has 35 heavy (non-hydrogen) atoms. The summed E-state index contributed by atoms with van der Waals surface area (Å²) in [6, 6.07) is 0. The number of hydrogen-bond donors (Lipinski definition) is 0.